The maximum atomic E-state index is 11.7. The first-order valence-electron chi connectivity index (χ1n) is 4.86. The van der Waals surface area contributed by atoms with E-state index in [1.807, 2.05) is 0 Å². The fourth-order valence-electron chi connectivity index (χ4n) is 3.09. The average Bonchev–Trinajstić information content (AvgIpc) is 2.75. The molecule has 0 aliphatic heterocycles. The molecule has 2 bridgehead atoms. The first-order chi connectivity index (χ1) is 6.68. The third-order valence-corrected chi connectivity index (χ3v) is 3.68. The first kappa shape index (κ1) is 7.97. The van der Waals surface area contributed by atoms with E-state index in [-0.39, 0.29) is 23.2 Å². The number of carbonyl (C=O) groups excluding carboxylic acids is 1. The molecule has 0 spiro atoms. The molecule has 0 aromatic carbocycles. The van der Waals surface area contributed by atoms with Crippen LogP contribution in [-0.2, 0) is 9.59 Å². The summed E-state index contributed by atoms with van der Waals surface area (Å²) in [6.07, 6.45) is 6.90. The van der Waals surface area contributed by atoms with Gasteiger partial charge in [0, 0.05) is 5.92 Å². The van der Waals surface area contributed by atoms with Gasteiger partial charge in [-0.2, -0.15) is 0 Å². The fraction of sp³-hybridized carbons (Fsp3) is 0.455. The number of fused-ring (bicyclic) bond motifs is 5. The van der Waals surface area contributed by atoms with Crippen molar-refractivity contribution in [3.05, 3.63) is 23.8 Å². The number of aliphatic carboxylic acids is 1. The molecule has 0 heterocycles. The highest BCUT2D eigenvalue weighted by Gasteiger charge is 2.52. The van der Waals surface area contributed by atoms with Crippen LogP contribution in [0.1, 0.15) is 6.42 Å². The molecule has 1 N–H and O–H groups in total. The second-order valence-corrected chi connectivity index (χ2v) is 4.30. The molecular weight excluding hydrogens is 180 g/mol. The number of ketones is 1. The summed E-state index contributed by atoms with van der Waals surface area (Å²) in [5.41, 5.74) is 0.0124. The molecule has 0 amide bonds. The Bertz CT molecular complexity index is 391. The number of hydrogen-bond acceptors (Lipinski definition) is 2. The van der Waals surface area contributed by atoms with Gasteiger partial charge in [0.05, 0.1) is 5.57 Å². The highest BCUT2D eigenvalue weighted by Crippen LogP contribution is 2.52. The topological polar surface area (TPSA) is 54.4 Å². The summed E-state index contributed by atoms with van der Waals surface area (Å²) in [6.45, 7) is 0. The number of carboxylic acid groups (broad SMARTS) is 1. The number of carboxylic acids is 1. The maximum absolute atomic E-state index is 11.7. The van der Waals surface area contributed by atoms with Gasteiger partial charge in [-0.05, 0) is 24.2 Å². The number of rotatable bonds is 1. The lowest BCUT2D eigenvalue weighted by molar-refractivity contribution is -0.135. The van der Waals surface area contributed by atoms with Gasteiger partial charge in [-0.3, -0.25) is 4.79 Å². The van der Waals surface area contributed by atoms with E-state index in [4.69, 9.17) is 5.11 Å². The molecule has 0 saturated heterocycles. The van der Waals surface area contributed by atoms with Crippen LogP contribution in [0.15, 0.2) is 23.8 Å². The van der Waals surface area contributed by atoms with Gasteiger partial charge in [-0.15, -0.1) is 0 Å². The number of Topliss-reactive ketones (excluding diaryl/α,β-unsaturated/α-hetero) is 1. The predicted octanol–water partition coefficient (Wildman–Crippen LogP) is 1.02. The minimum atomic E-state index is -1.07. The largest absolute Gasteiger partial charge is 0.478 e. The van der Waals surface area contributed by atoms with Gasteiger partial charge in [-0.25, -0.2) is 4.79 Å². The molecule has 14 heavy (non-hydrogen) atoms. The van der Waals surface area contributed by atoms with E-state index in [9.17, 15) is 9.59 Å². The van der Waals surface area contributed by atoms with Crippen molar-refractivity contribution in [3.63, 3.8) is 0 Å². The van der Waals surface area contributed by atoms with Crippen molar-refractivity contribution < 1.29 is 14.7 Å². The molecule has 4 atom stereocenters. The van der Waals surface area contributed by atoms with Crippen molar-refractivity contribution in [1.82, 2.24) is 0 Å². The summed E-state index contributed by atoms with van der Waals surface area (Å²) in [4.78, 5) is 22.5. The van der Waals surface area contributed by atoms with Gasteiger partial charge < -0.3 is 5.11 Å². The molecule has 1 fully saturated rings. The third kappa shape index (κ3) is 0.775. The van der Waals surface area contributed by atoms with Crippen molar-refractivity contribution in [3.8, 4) is 0 Å². The minimum Gasteiger partial charge on any atom is -0.478 e. The van der Waals surface area contributed by atoms with Crippen molar-refractivity contribution in [1.29, 1.82) is 0 Å². The quantitative estimate of drug-likeness (QED) is 0.496. The second-order valence-electron chi connectivity index (χ2n) is 4.30. The van der Waals surface area contributed by atoms with E-state index in [1.54, 1.807) is 6.08 Å². The number of hydrogen-bond donors (Lipinski definition) is 1. The van der Waals surface area contributed by atoms with Gasteiger partial charge in [0.25, 0.3) is 0 Å². The molecule has 3 heteroatoms. The van der Waals surface area contributed by atoms with Crippen molar-refractivity contribution >= 4 is 11.8 Å². The zero-order chi connectivity index (χ0) is 9.87. The standard InChI is InChI=1S/C11H10O3/c12-10-8(11(13)14)4-7-5-1-2-6(3-5)9(7)10/h1-2,4-7,9H,3H2,(H,13,14). The molecule has 0 radical (unpaired) electrons. The van der Waals surface area contributed by atoms with Gasteiger partial charge in [-0.1, -0.05) is 18.2 Å². The highest BCUT2D eigenvalue weighted by molar-refractivity contribution is 6.19. The smallest absolute Gasteiger partial charge is 0.339 e. The Labute approximate surface area is 81.1 Å². The number of allylic oxidation sites excluding steroid dienone is 3. The Hall–Kier alpha value is -1.38. The van der Waals surface area contributed by atoms with Gasteiger partial charge in [0.2, 0.25) is 0 Å². The Morgan fingerprint density at radius 1 is 1.36 bits per heavy atom. The van der Waals surface area contributed by atoms with E-state index in [2.05, 4.69) is 12.2 Å². The van der Waals surface area contributed by atoms with Crippen LogP contribution >= 0.6 is 0 Å². The third-order valence-electron chi connectivity index (χ3n) is 3.68. The zero-order valence-corrected chi connectivity index (χ0v) is 7.51. The zero-order valence-electron chi connectivity index (χ0n) is 7.51. The summed E-state index contributed by atoms with van der Waals surface area (Å²) >= 11 is 0. The Kier molecular flexibility index (Phi) is 1.34. The summed E-state index contributed by atoms with van der Waals surface area (Å²) in [5, 5.41) is 8.82. The van der Waals surface area contributed by atoms with Crippen LogP contribution in [-0.4, -0.2) is 16.9 Å². The van der Waals surface area contributed by atoms with Crippen molar-refractivity contribution in [2.75, 3.05) is 0 Å². The van der Waals surface area contributed by atoms with Crippen molar-refractivity contribution in [2.24, 2.45) is 23.7 Å². The van der Waals surface area contributed by atoms with Crippen LogP contribution < -0.4 is 0 Å². The predicted molar refractivity (Wildman–Crippen MR) is 48.4 cm³/mol. The van der Waals surface area contributed by atoms with Crippen LogP contribution in [0.25, 0.3) is 0 Å². The van der Waals surface area contributed by atoms with E-state index in [0.717, 1.165) is 6.42 Å². The molecule has 3 aliphatic carbocycles. The Balaban J connectivity index is 2.02. The lowest BCUT2D eigenvalue weighted by atomic mass is 9.85. The lowest BCUT2D eigenvalue weighted by Gasteiger charge is -2.17. The molecule has 1 saturated carbocycles. The molecular formula is C11H10O3. The van der Waals surface area contributed by atoms with Crippen LogP contribution in [0.3, 0.4) is 0 Å². The van der Waals surface area contributed by atoms with Crippen molar-refractivity contribution in [2.45, 2.75) is 6.42 Å². The maximum Gasteiger partial charge on any atom is 0.339 e. The van der Waals surface area contributed by atoms with E-state index in [0.29, 0.717) is 11.8 Å². The SMILES string of the molecule is O=C(O)C1=CC2C3C=CC(C3)C2C1=O. The molecule has 0 aromatic heterocycles. The first-order valence-corrected chi connectivity index (χ1v) is 4.86. The lowest BCUT2D eigenvalue weighted by Crippen LogP contribution is -2.22. The van der Waals surface area contributed by atoms with Crippen LogP contribution in [0, 0.1) is 23.7 Å². The Morgan fingerprint density at radius 3 is 2.71 bits per heavy atom. The minimum absolute atomic E-state index is 0.0124. The molecule has 3 nitrogen and oxygen atoms in total. The van der Waals surface area contributed by atoms with Crippen LogP contribution in [0.2, 0.25) is 0 Å². The Morgan fingerprint density at radius 2 is 2.07 bits per heavy atom. The van der Waals surface area contributed by atoms with Crippen LogP contribution in [0.4, 0.5) is 0 Å². The van der Waals surface area contributed by atoms with Crippen LogP contribution in [0.5, 0.6) is 0 Å². The second kappa shape index (κ2) is 2.35. The van der Waals surface area contributed by atoms with Gasteiger partial charge in [0.1, 0.15) is 0 Å². The summed E-state index contributed by atoms with van der Waals surface area (Å²) in [6, 6.07) is 0. The van der Waals surface area contributed by atoms with E-state index < -0.39 is 5.97 Å². The molecule has 3 rings (SSSR count). The van der Waals surface area contributed by atoms with E-state index >= 15 is 0 Å². The summed E-state index contributed by atoms with van der Waals surface area (Å²) in [5.74, 6) is -0.403. The molecule has 0 aromatic rings. The molecule has 4 unspecified atom stereocenters. The fourth-order valence-corrected chi connectivity index (χ4v) is 3.09. The highest BCUT2D eigenvalue weighted by atomic mass is 16.4. The molecule has 72 valence electrons. The molecule has 3 aliphatic rings. The summed E-state index contributed by atoms with van der Waals surface area (Å²) in [7, 11) is 0. The number of carbonyl (C=O) groups is 2. The summed E-state index contributed by atoms with van der Waals surface area (Å²) < 4.78 is 0. The van der Waals surface area contributed by atoms with Gasteiger partial charge >= 0.3 is 5.97 Å². The van der Waals surface area contributed by atoms with Gasteiger partial charge in [0.15, 0.2) is 5.78 Å². The average molecular weight is 190 g/mol. The van der Waals surface area contributed by atoms with E-state index in [1.165, 1.54) is 0 Å². The monoisotopic (exact) mass is 190 g/mol. The normalized spacial score (nSPS) is 42.9.